The van der Waals surface area contributed by atoms with E-state index in [4.69, 9.17) is 4.74 Å². The van der Waals surface area contributed by atoms with Crippen molar-refractivity contribution < 1.29 is 9.66 Å². The molecule has 0 heterocycles. The number of allylic oxidation sites excluding steroid dienone is 1. The van der Waals surface area contributed by atoms with Gasteiger partial charge < -0.3 is 4.74 Å². The Morgan fingerprint density at radius 3 is 2.50 bits per heavy atom. The van der Waals surface area contributed by atoms with Crippen LogP contribution in [0.3, 0.4) is 0 Å². The molecule has 1 rings (SSSR count). The van der Waals surface area contributed by atoms with E-state index in [-0.39, 0.29) is 5.69 Å². The molecule has 0 radical (unpaired) electrons. The molecule has 0 aliphatic carbocycles. The van der Waals surface area contributed by atoms with Gasteiger partial charge in [0.1, 0.15) is 5.75 Å². The van der Waals surface area contributed by atoms with E-state index in [9.17, 15) is 10.1 Å². The average molecular weight is 249 g/mol. The van der Waals surface area contributed by atoms with Gasteiger partial charge in [-0.2, -0.15) is 0 Å². The molecule has 0 N–H and O–H groups in total. The summed E-state index contributed by atoms with van der Waals surface area (Å²) in [5.74, 6) is 1.31. The first-order valence-electron chi connectivity index (χ1n) is 6.23. The molecular weight excluding hydrogens is 230 g/mol. The number of hydrogen-bond donors (Lipinski definition) is 0. The molecule has 4 nitrogen and oxygen atoms in total. The summed E-state index contributed by atoms with van der Waals surface area (Å²) in [5, 5.41) is 10.5. The van der Waals surface area contributed by atoms with Gasteiger partial charge in [0.25, 0.3) is 5.69 Å². The van der Waals surface area contributed by atoms with Crippen LogP contribution in [0.1, 0.15) is 39.0 Å². The van der Waals surface area contributed by atoms with Crippen molar-refractivity contribution in [1.29, 1.82) is 0 Å². The van der Waals surface area contributed by atoms with Crippen LogP contribution >= 0.6 is 0 Å². The second-order valence-corrected chi connectivity index (χ2v) is 4.20. The van der Waals surface area contributed by atoms with E-state index in [0.29, 0.717) is 11.5 Å². The van der Waals surface area contributed by atoms with Crippen LogP contribution in [0.2, 0.25) is 0 Å². The maximum absolute atomic E-state index is 10.5. The second kappa shape index (κ2) is 7.48. The van der Waals surface area contributed by atoms with Crippen molar-refractivity contribution in [2.75, 3.05) is 0 Å². The third-order valence-electron chi connectivity index (χ3n) is 2.62. The van der Waals surface area contributed by atoms with E-state index in [1.54, 1.807) is 12.1 Å². The molecule has 0 atom stereocenters. The van der Waals surface area contributed by atoms with Gasteiger partial charge in [-0.25, -0.2) is 0 Å². The third-order valence-corrected chi connectivity index (χ3v) is 2.62. The van der Waals surface area contributed by atoms with Gasteiger partial charge in [-0.1, -0.05) is 32.8 Å². The van der Waals surface area contributed by atoms with Gasteiger partial charge in [0.05, 0.1) is 10.7 Å². The van der Waals surface area contributed by atoms with Gasteiger partial charge in [-0.15, -0.1) is 0 Å². The predicted molar refractivity (Wildman–Crippen MR) is 71.6 cm³/mol. The molecule has 0 spiro atoms. The quantitative estimate of drug-likeness (QED) is 0.296. The normalized spacial score (nSPS) is 10.1. The van der Waals surface area contributed by atoms with Crippen LogP contribution in [0.4, 0.5) is 5.69 Å². The summed E-state index contributed by atoms with van der Waals surface area (Å²) in [6.07, 6.45) is 5.51. The molecule has 0 saturated carbocycles. The van der Waals surface area contributed by atoms with E-state index in [1.807, 2.05) is 0 Å². The van der Waals surface area contributed by atoms with E-state index in [1.165, 1.54) is 31.4 Å². The predicted octanol–water partition coefficient (Wildman–Crippen LogP) is 4.46. The maximum Gasteiger partial charge on any atom is 0.269 e. The van der Waals surface area contributed by atoms with Crippen LogP contribution in [0.5, 0.6) is 5.75 Å². The van der Waals surface area contributed by atoms with Crippen LogP contribution in [-0.2, 0) is 0 Å². The molecule has 0 aromatic heterocycles. The fraction of sp³-hybridized carbons (Fsp3) is 0.429. The summed E-state index contributed by atoms with van der Waals surface area (Å²) in [6, 6.07) is 6.05. The lowest BCUT2D eigenvalue weighted by molar-refractivity contribution is -0.384. The van der Waals surface area contributed by atoms with E-state index in [0.717, 1.165) is 12.8 Å². The Hall–Kier alpha value is -1.84. The Balaban J connectivity index is 2.37. The Labute approximate surface area is 107 Å². The van der Waals surface area contributed by atoms with Crippen LogP contribution in [0, 0.1) is 10.1 Å². The third kappa shape index (κ3) is 4.99. The molecular formula is C14H19NO3. The molecule has 0 aliphatic rings. The number of nitrogens with zero attached hydrogens (tertiary/aromatic N) is 1. The number of unbranched alkanes of at least 4 members (excludes halogenated alkanes) is 3. The van der Waals surface area contributed by atoms with Gasteiger partial charge in [-0.05, 0) is 18.6 Å². The molecule has 0 saturated heterocycles. The van der Waals surface area contributed by atoms with Gasteiger partial charge in [0.15, 0.2) is 0 Å². The summed E-state index contributed by atoms with van der Waals surface area (Å²) in [5.41, 5.74) is 0.0657. The minimum atomic E-state index is -0.427. The highest BCUT2D eigenvalue weighted by Gasteiger charge is 2.05. The Kier molecular flexibility index (Phi) is 5.91. The first-order valence-corrected chi connectivity index (χ1v) is 6.23. The Morgan fingerprint density at radius 1 is 1.28 bits per heavy atom. The molecule has 98 valence electrons. The average Bonchev–Trinajstić information content (AvgIpc) is 2.35. The van der Waals surface area contributed by atoms with Crippen LogP contribution in [0.25, 0.3) is 0 Å². The number of nitro groups is 1. The first-order chi connectivity index (χ1) is 8.63. The van der Waals surface area contributed by atoms with E-state index < -0.39 is 4.92 Å². The SMILES string of the molecule is C=C(CCCCCC)Oc1ccc([N+](=O)[O-])cc1. The molecule has 0 fully saturated rings. The molecule has 0 aliphatic heterocycles. The molecule has 1 aromatic rings. The molecule has 1 aromatic carbocycles. The zero-order valence-electron chi connectivity index (χ0n) is 10.7. The number of benzene rings is 1. The van der Waals surface area contributed by atoms with Crippen molar-refractivity contribution in [3.63, 3.8) is 0 Å². The first kappa shape index (κ1) is 14.2. The molecule has 18 heavy (non-hydrogen) atoms. The minimum absolute atomic E-state index is 0.0657. The number of non-ortho nitro benzene ring substituents is 1. The van der Waals surface area contributed by atoms with Gasteiger partial charge in [-0.3, -0.25) is 10.1 Å². The Bertz CT molecular complexity index is 398. The summed E-state index contributed by atoms with van der Waals surface area (Å²) < 4.78 is 5.51. The van der Waals surface area contributed by atoms with E-state index >= 15 is 0 Å². The van der Waals surface area contributed by atoms with Crippen LogP contribution in [-0.4, -0.2) is 4.92 Å². The highest BCUT2D eigenvalue weighted by atomic mass is 16.6. The van der Waals surface area contributed by atoms with Crippen molar-refractivity contribution in [2.24, 2.45) is 0 Å². The van der Waals surface area contributed by atoms with Crippen molar-refractivity contribution in [3.05, 3.63) is 46.7 Å². The molecule has 0 amide bonds. The second-order valence-electron chi connectivity index (χ2n) is 4.20. The lowest BCUT2D eigenvalue weighted by atomic mass is 10.1. The molecule has 0 unspecified atom stereocenters. The summed E-state index contributed by atoms with van der Waals surface area (Å²) >= 11 is 0. The number of nitro benzene ring substituents is 1. The Morgan fingerprint density at radius 2 is 1.94 bits per heavy atom. The fourth-order valence-corrected chi connectivity index (χ4v) is 1.60. The van der Waals surface area contributed by atoms with E-state index in [2.05, 4.69) is 13.5 Å². The summed E-state index contributed by atoms with van der Waals surface area (Å²) in [4.78, 5) is 10.1. The smallest absolute Gasteiger partial charge is 0.269 e. The molecule has 0 bridgehead atoms. The zero-order chi connectivity index (χ0) is 13.4. The van der Waals surface area contributed by atoms with Gasteiger partial charge >= 0.3 is 0 Å². The van der Waals surface area contributed by atoms with Gasteiger partial charge in [0, 0.05) is 18.6 Å². The molecule has 4 heteroatoms. The van der Waals surface area contributed by atoms with Crippen molar-refractivity contribution in [3.8, 4) is 5.75 Å². The van der Waals surface area contributed by atoms with Crippen molar-refractivity contribution in [1.82, 2.24) is 0 Å². The standard InChI is InChI=1S/C14H19NO3/c1-3-4-5-6-7-12(2)18-14-10-8-13(9-11-14)15(16)17/h8-11H,2-7H2,1H3. The lowest BCUT2D eigenvalue weighted by Crippen LogP contribution is -1.94. The monoisotopic (exact) mass is 249 g/mol. The highest BCUT2D eigenvalue weighted by molar-refractivity contribution is 5.36. The highest BCUT2D eigenvalue weighted by Crippen LogP contribution is 2.20. The zero-order valence-corrected chi connectivity index (χ0v) is 10.7. The lowest BCUT2D eigenvalue weighted by Gasteiger charge is -2.08. The largest absolute Gasteiger partial charge is 0.462 e. The minimum Gasteiger partial charge on any atom is -0.462 e. The van der Waals surface area contributed by atoms with Crippen molar-refractivity contribution >= 4 is 5.69 Å². The number of hydrogen-bond acceptors (Lipinski definition) is 3. The number of ether oxygens (including phenoxy) is 1. The van der Waals surface area contributed by atoms with Crippen LogP contribution in [0.15, 0.2) is 36.6 Å². The maximum atomic E-state index is 10.5. The van der Waals surface area contributed by atoms with Gasteiger partial charge in [0.2, 0.25) is 0 Å². The summed E-state index contributed by atoms with van der Waals surface area (Å²) in [7, 11) is 0. The fourth-order valence-electron chi connectivity index (χ4n) is 1.60. The summed E-state index contributed by atoms with van der Waals surface area (Å²) in [6.45, 7) is 6.02. The van der Waals surface area contributed by atoms with Crippen molar-refractivity contribution in [2.45, 2.75) is 39.0 Å². The van der Waals surface area contributed by atoms with Crippen LogP contribution < -0.4 is 4.74 Å². The topological polar surface area (TPSA) is 52.4 Å². The number of rotatable bonds is 8.